The van der Waals surface area contributed by atoms with E-state index in [-0.39, 0.29) is 30.0 Å². The van der Waals surface area contributed by atoms with Crippen molar-refractivity contribution < 1.29 is 4.74 Å². The summed E-state index contributed by atoms with van der Waals surface area (Å²) in [6.45, 7) is 1.17. The average Bonchev–Trinajstić information content (AvgIpc) is 3.21. The van der Waals surface area contributed by atoms with Crippen LogP contribution in [-0.4, -0.2) is 22.1 Å². The molecule has 0 bridgehead atoms. The lowest BCUT2D eigenvalue weighted by Crippen LogP contribution is -2.37. The van der Waals surface area contributed by atoms with Crippen molar-refractivity contribution in [2.45, 2.75) is 19.0 Å². The first-order chi connectivity index (χ1) is 12.8. The Labute approximate surface area is 175 Å². The lowest BCUT2D eigenvalue weighted by molar-refractivity contribution is 0.262. The van der Waals surface area contributed by atoms with Gasteiger partial charge < -0.3 is 20.4 Å². The number of fused-ring (bicyclic) bond motifs is 1. The van der Waals surface area contributed by atoms with Crippen LogP contribution in [0.4, 0.5) is 0 Å². The maximum absolute atomic E-state index is 6.16. The SMILES string of the molecule is I.NC(=NCc1ccccc1-n1ccnc1)NC1CCOc2ccccc21. The normalized spacial score (nSPS) is 16.0. The molecule has 3 N–H and O–H groups in total. The molecule has 0 radical (unpaired) electrons. The van der Waals surface area contributed by atoms with Gasteiger partial charge in [0.05, 0.1) is 31.2 Å². The minimum absolute atomic E-state index is 0. The highest BCUT2D eigenvalue weighted by Crippen LogP contribution is 2.31. The zero-order valence-corrected chi connectivity index (χ0v) is 17.1. The van der Waals surface area contributed by atoms with E-state index in [9.17, 15) is 0 Å². The van der Waals surface area contributed by atoms with Crippen LogP contribution in [0.3, 0.4) is 0 Å². The zero-order chi connectivity index (χ0) is 17.8. The van der Waals surface area contributed by atoms with Crippen LogP contribution in [0.25, 0.3) is 5.69 Å². The van der Waals surface area contributed by atoms with Gasteiger partial charge in [0.2, 0.25) is 0 Å². The number of guanidine groups is 1. The van der Waals surface area contributed by atoms with Gasteiger partial charge in [-0.1, -0.05) is 36.4 Å². The summed E-state index contributed by atoms with van der Waals surface area (Å²) in [5, 5.41) is 3.33. The van der Waals surface area contributed by atoms with Crippen LogP contribution in [0.15, 0.2) is 72.2 Å². The first-order valence-electron chi connectivity index (χ1n) is 8.65. The summed E-state index contributed by atoms with van der Waals surface area (Å²) >= 11 is 0. The Bertz CT molecular complexity index is 910. The van der Waals surface area contributed by atoms with E-state index < -0.39 is 0 Å². The van der Waals surface area contributed by atoms with Crippen LogP contribution >= 0.6 is 24.0 Å². The van der Waals surface area contributed by atoms with Crippen LogP contribution < -0.4 is 15.8 Å². The van der Waals surface area contributed by atoms with Crippen molar-refractivity contribution in [2.24, 2.45) is 10.7 Å². The van der Waals surface area contributed by atoms with Crippen LogP contribution in [0.5, 0.6) is 5.75 Å². The van der Waals surface area contributed by atoms with E-state index in [1.54, 1.807) is 12.5 Å². The molecule has 7 heteroatoms. The van der Waals surface area contributed by atoms with Gasteiger partial charge in [-0.2, -0.15) is 0 Å². The average molecular weight is 475 g/mol. The van der Waals surface area contributed by atoms with Crippen molar-refractivity contribution >= 4 is 29.9 Å². The van der Waals surface area contributed by atoms with E-state index in [0.29, 0.717) is 19.1 Å². The van der Waals surface area contributed by atoms with E-state index in [4.69, 9.17) is 10.5 Å². The Morgan fingerprint density at radius 3 is 2.89 bits per heavy atom. The van der Waals surface area contributed by atoms with Crippen LogP contribution in [0, 0.1) is 0 Å². The van der Waals surface area contributed by atoms with Crippen molar-refractivity contribution in [1.29, 1.82) is 0 Å². The number of para-hydroxylation sites is 2. The number of ether oxygens (including phenoxy) is 1. The van der Waals surface area contributed by atoms with Gasteiger partial charge in [0, 0.05) is 24.4 Å². The molecule has 3 aromatic rings. The number of nitrogens with zero attached hydrogens (tertiary/aromatic N) is 3. The van der Waals surface area contributed by atoms with Gasteiger partial charge in [-0.15, -0.1) is 24.0 Å². The number of benzene rings is 2. The highest BCUT2D eigenvalue weighted by atomic mass is 127. The summed E-state index contributed by atoms with van der Waals surface area (Å²) < 4.78 is 7.67. The van der Waals surface area contributed by atoms with Crippen molar-refractivity contribution in [1.82, 2.24) is 14.9 Å². The van der Waals surface area contributed by atoms with E-state index in [1.165, 1.54) is 0 Å². The molecule has 27 heavy (non-hydrogen) atoms. The molecule has 1 aliphatic heterocycles. The molecule has 1 aromatic heterocycles. The van der Waals surface area contributed by atoms with Crippen molar-refractivity contribution in [3.05, 3.63) is 78.4 Å². The fraction of sp³-hybridized carbons (Fsp3) is 0.200. The van der Waals surface area contributed by atoms with E-state index in [2.05, 4.69) is 27.4 Å². The first kappa shape index (κ1) is 19.2. The van der Waals surface area contributed by atoms with E-state index in [0.717, 1.165) is 29.0 Å². The molecule has 6 nitrogen and oxygen atoms in total. The molecule has 0 amide bonds. The number of imidazole rings is 1. The monoisotopic (exact) mass is 475 g/mol. The molecule has 0 spiro atoms. The largest absolute Gasteiger partial charge is 0.493 e. The highest BCUT2D eigenvalue weighted by molar-refractivity contribution is 14.0. The van der Waals surface area contributed by atoms with Gasteiger partial charge in [-0.05, 0) is 17.7 Å². The second-order valence-electron chi connectivity index (χ2n) is 6.17. The number of nitrogens with two attached hydrogens (primary N) is 1. The van der Waals surface area contributed by atoms with Crippen LogP contribution in [0.1, 0.15) is 23.6 Å². The van der Waals surface area contributed by atoms with Crippen LogP contribution in [-0.2, 0) is 6.54 Å². The predicted molar refractivity (Wildman–Crippen MR) is 117 cm³/mol. The maximum Gasteiger partial charge on any atom is 0.189 e. The number of aromatic nitrogens is 2. The highest BCUT2D eigenvalue weighted by Gasteiger charge is 2.21. The summed E-state index contributed by atoms with van der Waals surface area (Å²) in [7, 11) is 0. The molecule has 140 valence electrons. The minimum atomic E-state index is 0. The second-order valence-corrected chi connectivity index (χ2v) is 6.17. The molecular weight excluding hydrogens is 453 g/mol. The van der Waals surface area contributed by atoms with Gasteiger partial charge in [0.25, 0.3) is 0 Å². The summed E-state index contributed by atoms with van der Waals surface area (Å²) in [5.74, 6) is 1.35. The summed E-state index contributed by atoms with van der Waals surface area (Å²) in [6, 6.07) is 16.3. The summed E-state index contributed by atoms with van der Waals surface area (Å²) in [6.07, 6.45) is 6.32. The minimum Gasteiger partial charge on any atom is -0.493 e. The quantitative estimate of drug-likeness (QED) is 0.345. The third-order valence-corrected chi connectivity index (χ3v) is 4.47. The Morgan fingerprint density at radius 1 is 1.22 bits per heavy atom. The molecule has 1 unspecified atom stereocenters. The van der Waals surface area contributed by atoms with Crippen molar-refractivity contribution in [2.75, 3.05) is 6.61 Å². The third-order valence-electron chi connectivity index (χ3n) is 4.47. The molecule has 0 aliphatic carbocycles. The lowest BCUT2D eigenvalue weighted by Gasteiger charge is -2.27. The number of aliphatic imine (C=N–C) groups is 1. The fourth-order valence-corrected chi connectivity index (χ4v) is 3.18. The van der Waals surface area contributed by atoms with Gasteiger partial charge in [0.15, 0.2) is 5.96 Å². The van der Waals surface area contributed by atoms with Gasteiger partial charge in [-0.25, -0.2) is 9.98 Å². The Balaban J connectivity index is 0.00000210. The van der Waals surface area contributed by atoms with Crippen molar-refractivity contribution in [3.63, 3.8) is 0 Å². The summed E-state index contributed by atoms with van der Waals surface area (Å²) in [4.78, 5) is 8.65. The molecule has 0 saturated heterocycles. The molecular formula is C20H22IN5O. The lowest BCUT2D eigenvalue weighted by atomic mass is 10.0. The standard InChI is InChI=1S/C20H21N5O.HI/c21-20(24-17-9-12-26-19-8-4-2-6-16(17)19)23-13-15-5-1-3-7-18(15)25-11-10-22-14-25;/h1-8,10-11,14,17H,9,12-13H2,(H3,21,23,24);1H. The summed E-state index contributed by atoms with van der Waals surface area (Å²) in [5.41, 5.74) is 9.42. The Morgan fingerprint density at radius 2 is 2.04 bits per heavy atom. The number of hydrogen-bond donors (Lipinski definition) is 2. The van der Waals surface area contributed by atoms with Gasteiger partial charge in [-0.3, -0.25) is 0 Å². The molecule has 2 heterocycles. The van der Waals surface area contributed by atoms with Crippen molar-refractivity contribution in [3.8, 4) is 11.4 Å². The smallest absolute Gasteiger partial charge is 0.189 e. The molecule has 1 aliphatic rings. The number of hydrogen-bond acceptors (Lipinski definition) is 3. The van der Waals surface area contributed by atoms with E-state index in [1.807, 2.05) is 47.2 Å². The first-order valence-corrected chi connectivity index (χ1v) is 8.65. The van der Waals surface area contributed by atoms with E-state index >= 15 is 0 Å². The molecule has 1 atom stereocenters. The second kappa shape index (κ2) is 8.90. The predicted octanol–water partition coefficient (Wildman–Crippen LogP) is 3.42. The zero-order valence-electron chi connectivity index (χ0n) is 14.8. The molecule has 2 aromatic carbocycles. The fourth-order valence-electron chi connectivity index (χ4n) is 3.18. The Kier molecular flexibility index (Phi) is 6.33. The molecule has 0 saturated carbocycles. The molecule has 4 rings (SSSR count). The van der Waals surface area contributed by atoms with Gasteiger partial charge in [0.1, 0.15) is 5.75 Å². The Hall–Kier alpha value is -2.55. The number of nitrogens with one attached hydrogen (secondary N) is 1. The van der Waals surface area contributed by atoms with Crippen LogP contribution in [0.2, 0.25) is 0 Å². The maximum atomic E-state index is 6.16. The topological polar surface area (TPSA) is 77.5 Å². The molecule has 0 fully saturated rings. The van der Waals surface area contributed by atoms with Gasteiger partial charge >= 0.3 is 0 Å². The third kappa shape index (κ3) is 4.41. The number of rotatable bonds is 4. The number of halogens is 1.